The van der Waals surface area contributed by atoms with Crippen LogP contribution in [0.3, 0.4) is 0 Å². The van der Waals surface area contributed by atoms with Crippen molar-refractivity contribution < 1.29 is 71.6 Å². The highest BCUT2D eigenvalue weighted by Gasteiger charge is 2.21. The van der Waals surface area contributed by atoms with Gasteiger partial charge in [-0.05, 0) is 110 Å². The number of anilines is 1. The number of nitrogens with zero attached hydrogens (tertiary/aromatic N) is 1. The monoisotopic (exact) mass is 1160 g/mol. The number of aromatic nitrogens is 1. The Morgan fingerprint density at radius 1 is 0.537 bits per heavy atom. The van der Waals surface area contributed by atoms with Crippen molar-refractivity contribution in [3.8, 4) is 0 Å². The molecular weight excluding hydrogens is 1060 g/mol. The van der Waals surface area contributed by atoms with Gasteiger partial charge < -0.3 is 65.6 Å². The molecule has 9 N–H and O–H groups in total. The molecule has 25 heteroatoms. The van der Waals surface area contributed by atoms with Crippen LogP contribution in [-0.2, 0) is 57.2 Å². The Balaban J connectivity index is 2.32. The highest BCUT2D eigenvalue weighted by atomic mass is 16.6. The molecule has 82 heavy (non-hydrogen) atoms. The van der Waals surface area contributed by atoms with Crippen LogP contribution >= 0.6 is 0 Å². The molecule has 1 rings (SSSR count). The Morgan fingerprint density at radius 3 is 1.62 bits per heavy atom. The Morgan fingerprint density at radius 2 is 1.06 bits per heavy atom. The first kappa shape index (κ1) is 73.4. The number of hydrazine groups is 1. The van der Waals surface area contributed by atoms with Gasteiger partial charge in [-0.1, -0.05) is 45.3 Å². The molecule has 0 saturated heterocycles. The van der Waals surface area contributed by atoms with Crippen molar-refractivity contribution in [3.63, 3.8) is 0 Å². The first-order valence-corrected chi connectivity index (χ1v) is 29.3. The average Bonchev–Trinajstić information content (AvgIpc) is 3.44. The molecule has 25 nitrogen and oxygen atoms in total. The number of carbonyl (C=O) groups excluding carboxylic acids is 9. The summed E-state index contributed by atoms with van der Waals surface area (Å²) >= 11 is 0. The number of hydrogen-bond donors (Lipinski definition) is 9. The van der Waals surface area contributed by atoms with Gasteiger partial charge in [0.2, 0.25) is 29.5 Å². The zero-order valence-electron chi connectivity index (χ0n) is 49.4. The van der Waals surface area contributed by atoms with Gasteiger partial charge in [0.15, 0.2) is 0 Å². The molecule has 0 aliphatic heterocycles. The quantitative estimate of drug-likeness (QED) is 0.0131. The van der Waals surface area contributed by atoms with E-state index >= 15 is 0 Å². The average molecular weight is 1160 g/mol. The Bertz CT molecular complexity index is 1970. The van der Waals surface area contributed by atoms with Crippen LogP contribution in [0.5, 0.6) is 0 Å². The predicted octanol–water partition coefficient (Wildman–Crippen LogP) is 5.33. The number of carbonyl (C=O) groups is 9. The molecule has 1 atom stereocenters. The van der Waals surface area contributed by atoms with Crippen LogP contribution in [0.15, 0.2) is 31.0 Å². The molecule has 0 aliphatic carbocycles. The maximum absolute atomic E-state index is 13.3. The number of rotatable bonds is 50. The number of amides is 8. The van der Waals surface area contributed by atoms with Crippen molar-refractivity contribution in [2.75, 3.05) is 97.5 Å². The molecule has 466 valence electrons. The van der Waals surface area contributed by atoms with Gasteiger partial charge in [-0.25, -0.2) is 20.0 Å². The molecule has 1 heterocycles. The van der Waals surface area contributed by atoms with Crippen molar-refractivity contribution >= 4 is 59.4 Å². The topological polar surface area (TPSA) is 330 Å². The summed E-state index contributed by atoms with van der Waals surface area (Å²) in [6.07, 6.45) is 13.4. The molecule has 0 aliphatic rings. The molecule has 0 radical (unpaired) electrons. The van der Waals surface area contributed by atoms with E-state index in [9.17, 15) is 43.2 Å². The molecule has 0 spiro atoms. The third-order valence-corrected chi connectivity index (χ3v) is 11.7. The van der Waals surface area contributed by atoms with E-state index in [4.69, 9.17) is 28.4 Å². The van der Waals surface area contributed by atoms with E-state index in [0.29, 0.717) is 180 Å². The number of pyridine rings is 1. The van der Waals surface area contributed by atoms with Crippen LogP contribution < -0.4 is 48.1 Å². The molecular formula is C57H98N10O15. The SMILES string of the molecule is C=CCOC(=O)NCCCOCCOCCOCCCNC(=O)[C@H](CCCCNC(=O)CCCCCNC(=O)CCCCCNC(=O)c1ccc(NNC(=O)OC(C)(C)C)nc1)NC(=O)CCC(=O)NCCCCCC(=O)OCCCC. The van der Waals surface area contributed by atoms with Gasteiger partial charge in [0.05, 0.1) is 38.6 Å². The fourth-order valence-corrected chi connectivity index (χ4v) is 7.26. The van der Waals surface area contributed by atoms with Crippen molar-refractivity contribution in [2.24, 2.45) is 0 Å². The number of unbranched alkanes of at least 4 members (excludes halogenated alkanes) is 8. The maximum Gasteiger partial charge on any atom is 0.426 e. The standard InChI is InChI=1S/C57H98N10O15/c1-6-8-39-80-52(72)25-14-11-17-31-60-50(70)28-29-51(71)65-46(54(74)62-34-20-37-77-40-42-79-43-41-78-38-21-35-63-55(75)81-36-7-2)22-15-19-32-59-49(69)23-12-9-16-30-58-48(68)24-13-10-18-33-61-53(73)45-26-27-47(64-44-45)66-67-56(76)82-57(3,4)5/h7,26-27,44,46H,2,6,8-25,28-43H2,1,3-5H3,(H,58,68)(H,59,69)(H,60,70)(H,61,73)(H,62,74)(H,63,75)(H,64,66)(H,65,71)(H,67,76)/t46-/m0/s1. The lowest BCUT2D eigenvalue weighted by Gasteiger charge is -2.19. The minimum Gasteiger partial charge on any atom is -0.466 e. The highest BCUT2D eigenvalue weighted by molar-refractivity contribution is 5.94. The number of alkyl carbamates (subject to hydrolysis) is 1. The smallest absolute Gasteiger partial charge is 0.426 e. The van der Waals surface area contributed by atoms with Gasteiger partial charge >= 0.3 is 18.2 Å². The lowest BCUT2D eigenvalue weighted by Crippen LogP contribution is -2.47. The largest absolute Gasteiger partial charge is 0.466 e. The van der Waals surface area contributed by atoms with Crippen molar-refractivity contribution in [3.05, 3.63) is 36.5 Å². The van der Waals surface area contributed by atoms with Crippen LogP contribution in [0.2, 0.25) is 0 Å². The van der Waals surface area contributed by atoms with Crippen LogP contribution in [-0.4, -0.2) is 162 Å². The number of esters is 1. The van der Waals surface area contributed by atoms with Crippen LogP contribution in [0.1, 0.15) is 173 Å². The van der Waals surface area contributed by atoms with Crippen LogP contribution in [0, 0.1) is 0 Å². The minimum absolute atomic E-state index is 0.0458. The maximum atomic E-state index is 13.3. The summed E-state index contributed by atoms with van der Waals surface area (Å²) in [7, 11) is 0. The Hall–Kier alpha value is -6.60. The van der Waals surface area contributed by atoms with E-state index < -0.39 is 29.7 Å². The number of ether oxygens (including phenoxy) is 6. The predicted molar refractivity (Wildman–Crippen MR) is 309 cm³/mol. The summed E-state index contributed by atoms with van der Waals surface area (Å²) in [4.78, 5) is 115. The molecule has 0 saturated carbocycles. The zero-order valence-corrected chi connectivity index (χ0v) is 49.4. The number of hydrogen-bond acceptors (Lipinski definition) is 17. The third-order valence-electron chi connectivity index (χ3n) is 11.7. The van der Waals surface area contributed by atoms with Crippen molar-refractivity contribution in [1.82, 2.24) is 47.6 Å². The molecule has 0 fully saturated rings. The Labute approximate surface area is 485 Å². The molecule has 0 bridgehead atoms. The van der Waals surface area contributed by atoms with Crippen molar-refractivity contribution in [1.29, 1.82) is 0 Å². The molecule has 8 amide bonds. The summed E-state index contributed by atoms with van der Waals surface area (Å²) in [5, 5.41) is 19.7. The highest BCUT2D eigenvalue weighted by Crippen LogP contribution is 2.10. The van der Waals surface area contributed by atoms with E-state index in [0.717, 1.165) is 38.5 Å². The lowest BCUT2D eigenvalue weighted by atomic mass is 10.1. The van der Waals surface area contributed by atoms with E-state index in [-0.39, 0.29) is 55.0 Å². The Kier molecular flexibility index (Phi) is 43.9. The normalized spacial score (nSPS) is 11.3. The second-order valence-corrected chi connectivity index (χ2v) is 20.3. The summed E-state index contributed by atoms with van der Waals surface area (Å²) in [5.74, 6) is -1.37. The van der Waals surface area contributed by atoms with Crippen LogP contribution in [0.25, 0.3) is 0 Å². The second-order valence-electron chi connectivity index (χ2n) is 20.3. The molecule has 0 unspecified atom stereocenters. The first-order valence-electron chi connectivity index (χ1n) is 29.3. The fourth-order valence-electron chi connectivity index (χ4n) is 7.26. The summed E-state index contributed by atoms with van der Waals surface area (Å²) in [6.45, 7) is 16.2. The summed E-state index contributed by atoms with van der Waals surface area (Å²) < 4.78 is 31.8. The molecule has 1 aromatic heterocycles. The number of nitrogens with one attached hydrogen (secondary N) is 9. The fraction of sp³-hybridized carbons (Fsp3) is 0.719. The van der Waals surface area contributed by atoms with Gasteiger partial charge in [-0.3, -0.25) is 39.0 Å². The molecule has 1 aromatic rings. The van der Waals surface area contributed by atoms with Gasteiger partial charge in [0.1, 0.15) is 24.1 Å². The first-order chi connectivity index (χ1) is 39.5. The van der Waals surface area contributed by atoms with E-state index in [1.807, 2.05) is 6.92 Å². The van der Waals surface area contributed by atoms with Gasteiger partial charge in [0.25, 0.3) is 5.91 Å². The van der Waals surface area contributed by atoms with Gasteiger partial charge in [-0.2, -0.15) is 0 Å². The van der Waals surface area contributed by atoms with Crippen molar-refractivity contribution in [2.45, 2.75) is 174 Å². The van der Waals surface area contributed by atoms with E-state index in [1.165, 1.54) is 12.3 Å². The lowest BCUT2D eigenvalue weighted by molar-refractivity contribution is -0.144. The van der Waals surface area contributed by atoms with E-state index in [1.54, 1.807) is 32.9 Å². The minimum atomic E-state index is -0.844. The zero-order chi connectivity index (χ0) is 60.3. The molecule has 0 aromatic carbocycles. The van der Waals surface area contributed by atoms with Gasteiger partial charge in [0, 0.05) is 90.8 Å². The van der Waals surface area contributed by atoms with Gasteiger partial charge in [-0.15, -0.1) is 0 Å². The van der Waals surface area contributed by atoms with E-state index in [2.05, 4.69) is 59.6 Å². The van der Waals surface area contributed by atoms with Crippen LogP contribution in [0.4, 0.5) is 15.4 Å². The summed E-state index contributed by atoms with van der Waals surface area (Å²) in [6, 6.07) is 2.30. The third kappa shape index (κ3) is 45.1. The second kappa shape index (κ2) is 49.0. The summed E-state index contributed by atoms with van der Waals surface area (Å²) in [5.41, 5.74) is 4.73.